The molecule has 164 valence electrons. The number of urea groups is 1. The SMILES string of the molecule is CN(CCO)CCN(C)C(=O)N1N=C2c3cc(F)ccc3OCC2C1c1ccccc1. The molecule has 1 N–H and O–H groups in total. The zero-order chi connectivity index (χ0) is 22.0. The molecule has 2 aromatic carbocycles. The van der Waals surface area contributed by atoms with Gasteiger partial charge in [-0.3, -0.25) is 0 Å². The first-order chi connectivity index (χ1) is 15.0. The van der Waals surface area contributed by atoms with E-state index in [1.807, 2.05) is 42.3 Å². The number of amides is 2. The van der Waals surface area contributed by atoms with Gasteiger partial charge < -0.3 is 19.6 Å². The maximum atomic E-state index is 14.0. The Balaban J connectivity index is 1.64. The number of hydrazone groups is 1. The second-order valence-corrected chi connectivity index (χ2v) is 7.97. The number of rotatable bonds is 6. The largest absolute Gasteiger partial charge is 0.492 e. The number of ether oxygens (including phenoxy) is 1. The summed E-state index contributed by atoms with van der Waals surface area (Å²) < 4.78 is 19.9. The Kier molecular flexibility index (Phi) is 6.20. The van der Waals surface area contributed by atoms with Gasteiger partial charge in [0, 0.05) is 32.2 Å². The number of nitrogens with zero attached hydrogens (tertiary/aromatic N) is 4. The van der Waals surface area contributed by atoms with Crippen molar-refractivity contribution in [2.24, 2.45) is 11.0 Å². The number of aliphatic hydroxyl groups excluding tert-OH is 1. The van der Waals surface area contributed by atoms with Crippen LogP contribution in [-0.4, -0.2) is 78.6 Å². The fourth-order valence-corrected chi connectivity index (χ4v) is 4.06. The average Bonchev–Trinajstić information content (AvgIpc) is 3.17. The molecule has 0 fully saturated rings. The topological polar surface area (TPSA) is 68.6 Å². The summed E-state index contributed by atoms with van der Waals surface area (Å²) in [4.78, 5) is 17.0. The predicted octanol–water partition coefficient (Wildman–Crippen LogP) is 2.57. The number of hydrogen-bond acceptors (Lipinski definition) is 5. The quantitative estimate of drug-likeness (QED) is 0.771. The Morgan fingerprint density at radius 1 is 1.19 bits per heavy atom. The van der Waals surface area contributed by atoms with Crippen molar-refractivity contribution in [3.63, 3.8) is 0 Å². The molecule has 2 aliphatic heterocycles. The summed E-state index contributed by atoms with van der Waals surface area (Å²) in [6, 6.07) is 13.6. The molecule has 0 spiro atoms. The lowest BCUT2D eigenvalue weighted by molar-refractivity contribution is 0.128. The van der Waals surface area contributed by atoms with Crippen LogP contribution < -0.4 is 4.74 Å². The molecule has 0 radical (unpaired) electrons. The van der Waals surface area contributed by atoms with Crippen molar-refractivity contribution < 1.29 is 19.0 Å². The van der Waals surface area contributed by atoms with E-state index in [0.29, 0.717) is 43.3 Å². The van der Waals surface area contributed by atoms with Crippen LogP contribution in [0.2, 0.25) is 0 Å². The molecule has 4 rings (SSSR count). The molecule has 0 saturated heterocycles. The van der Waals surface area contributed by atoms with Crippen LogP contribution in [0.25, 0.3) is 0 Å². The van der Waals surface area contributed by atoms with Crippen LogP contribution in [-0.2, 0) is 0 Å². The highest BCUT2D eigenvalue weighted by atomic mass is 19.1. The van der Waals surface area contributed by atoms with Gasteiger partial charge in [-0.25, -0.2) is 14.2 Å². The van der Waals surface area contributed by atoms with E-state index in [4.69, 9.17) is 14.9 Å². The molecule has 2 unspecified atom stereocenters. The molecular formula is C23H27FN4O3. The first kappa shape index (κ1) is 21.3. The summed E-state index contributed by atoms with van der Waals surface area (Å²) in [6.07, 6.45) is 0. The summed E-state index contributed by atoms with van der Waals surface area (Å²) in [5, 5.41) is 15.3. The highest BCUT2D eigenvalue weighted by molar-refractivity contribution is 6.07. The number of halogens is 1. The van der Waals surface area contributed by atoms with Gasteiger partial charge in [0.25, 0.3) is 0 Å². The van der Waals surface area contributed by atoms with Crippen LogP contribution >= 0.6 is 0 Å². The van der Waals surface area contributed by atoms with Crippen LogP contribution in [0.4, 0.5) is 9.18 Å². The Morgan fingerprint density at radius 3 is 2.71 bits per heavy atom. The molecular weight excluding hydrogens is 399 g/mol. The Bertz CT molecular complexity index is 969. The van der Waals surface area contributed by atoms with E-state index in [9.17, 15) is 9.18 Å². The summed E-state index contributed by atoms with van der Waals surface area (Å²) in [5.74, 6) is 0.0263. The molecule has 0 aromatic heterocycles. The van der Waals surface area contributed by atoms with Crippen molar-refractivity contribution in [2.75, 3.05) is 46.9 Å². The van der Waals surface area contributed by atoms with Gasteiger partial charge in [0.15, 0.2) is 0 Å². The number of likely N-dealkylation sites (N-methyl/N-ethyl adjacent to an activating group) is 2. The van der Waals surface area contributed by atoms with Gasteiger partial charge in [0.1, 0.15) is 11.6 Å². The van der Waals surface area contributed by atoms with Gasteiger partial charge >= 0.3 is 6.03 Å². The summed E-state index contributed by atoms with van der Waals surface area (Å²) >= 11 is 0. The normalized spacial score (nSPS) is 19.5. The number of hydrogen-bond donors (Lipinski definition) is 1. The van der Waals surface area contributed by atoms with Crippen LogP contribution in [0, 0.1) is 11.7 Å². The Hall–Kier alpha value is -2.97. The van der Waals surface area contributed by atoms with E-state index in [1.165, 1.54) is 17.1 Å². The van der Waals surface area contributed by atoms with E-state index in [2.05, 4.69) is 0 Å². The molecule has 8 heteroatoms. The minimum absolute atomic E-state index is 0.0711. The number of carbonyl (C=O) groups is 1. The average molecular weight is 426 g/mol. The standard InChI is InChI=1S/C23H27FN4O3/c1-26(12-13-29)10-11-27(2)23(30)28-22(16-6-4-3-5-7-16)19-15-31-20-9-8-17(24)14-18(20)21(19)25-28/h3-9,14,19,22,29H,10-13,15H2,1-2H3. The van der Waals surface area contributed by atoms with Crippen LogP contribution in [0.1, 0.15) is 17.2 Å². The lowest BCUT2D eigenvalue weighted by Crippen LogP contribution is -2.43. The van der Waals surface area contributed by atoms with Gasteiger partial charge in [0.05, 0.1) is 30.9 Å². The lowest BCUT2D eigenvalue weighted by atomic mass is 9.86. The van der Waals surface area contributed by atoms with E-state index in [-0.39, 0.29) is 30.4 Å². The minimum atomic E-state index is -0.365. The van der Waals surface area contributed by atoms with Gasteiger partial charge in [0.2, 0.25) is 0 Å². The van der Waals surface area contributed by atoms with Crippen LogP contribution in [0.5, 0.6) is 5.75 Å². The molecule has 7 nitrogen and oxygen atoms in total. The predicted molar refractivity (Wildman–Crippen MR) is 116 cm³/mol. The molecule has 2 aliphatic rings. The van der Waals surface area contributed by atoms with Crippen LogP contribution in [0.3, 0.4) is 0 Å². The molecule has 2 atom stereocenters. The highest BCUT2D eigenvalue weighted by Crippen LogP contribution is 2.42. The van der Waals surface area contributed by atoms with E-state index in [0.717, 1.165) is 5.56 Å². The first-order valence-corrected chi connectivity index (χ1v) is 10.4. The third-order valence-corrected chi connectivity index (χ3v) is 5.81. The molecule has 31 heavy (non-hydrogen) atoms. The zero-order valence-electron chi connectivity index (χ0n) is 17.7. The third-order valence-electron chi connectivity index (χ3n) is 5.81. The number of benzene rings is 2. The molecule has 0 aliphatic carbocycles. The monoisotopic (exact) mass is 426 g/mol. The zero-order valence-corrected chi connectivity index (χ0v) is 17.7. The van der Waals surface area contributed by atoms with Gasteiger partial charge in [-0.05, 0) is 30.8 Å². The Morgan fingerprint density at radius 2 is 1.97 bits per heavy atom. The minimum Gasteiger partial charge on any atom is -0.492 e. The molecule has 2 aromatic rings. The lowest BCUT2D eigenvalue weighted by Gasteiger charge is -2.32. The van der Waals surface area contributed by atoms with Gasteiger partial charge in [-0.15, -0.1) is 0 Å². The summed E-state index contributed by atoms with van der Waals surface area (Å²) in [7, 11) is 3.64. The molecule has 0 saturated carbocycles. The van der Waals surface area contributed by atoms with Crippen molar-refractivity contribution in [1.29, 1.82) is 0 Å². The Labute approximate surface area is 181 Å². The van der Waals surface area contributed by atoms with Gasteiger partial charge in [-0.2, -0.15) is 5.10 Å². The van der Waals surface area contributed by atoms with E-state index in [1.54, 1.807) is 18.0 Å². The smallest absolute Gasteiger partial charge is 0.340 e. The van der Waals surface area contributed by atoms with E-state index < -0.39 is 0 Å². The first-order valence-electron chi connectivity index (χ1n) is 10.4. The maximum absolute atomic E-state index is 14.0. The fraction of sp³-hybridized carbons (Fsp3) is 0.391. The van der Waals surface area contributed by atoms with Crippen molar-refractivity contribution in [3.8, 4) is 5.75 Å². The maximum Gasteiger partial charge on any atom is 0.340 e. The van der Waals surface area contributed by atoms with E-state index >= 15 is 0 Å². The van der Waals surface area contributed by atoms with Crippen molar-refractivity contribution in [3.05, 3.63) is 65.5 Å². The van der Waals surface area contributed by atoms with Crippen molar-refractivity contribution in [1.82, 2.24) is 14.8 Å². The number of fused-ring (bicyclic) bond motifs is 3. The fourth-order valence-electron chi connectivity index (χ4n) is 4.06. The number of carbonyl (C=O) groups excluding carboxylic acids is 1. The number of aliphatic hydroxyl groups is 1. The second-order valence-electron chi connectivity index (χ2n) is 7.97. The summed E-state index contributed by atoms with van der Waals surface area (Å²) in [5.41, 5.74) is 2.22. The van der Waals surface area contributed by atoms with Crippen molar-refractivity contribution in [2.45, 2.75) is 6.04 Å². The second kappa shape index (κ2) is 9.03. The molecule has 2 heterocycles. The summed E-state index contributed by atoms with van der Waals surface area (Å²) in [6.45, 7) is 2.10. The van der Waals surface area contributed by atoms with Gasteiger partial charge in [-0.1, -0.05) is 30.3 Å². The third kappa shape index (κ3) is 4.26. The van der Waals surface area contributed by atoms with Crippen molar-refractivity contribution >= 4 is 11.7 Å². The highest BCUT2D eigenvalue weighted by Gasteiger charge is 2.45. The van der Waals surface area contributed by atoms with Crippen LogP contribution in [0.15, 0.2) is 53.6 Å². The molecule has 2 amide bonds. The molecule has 0 bridgehead atoms.